The summed E-state index contributed by atoms with van der Waals surface area (Å²) in [6, 6.07) is 3.87. The molecule has 0 atom stereocenters. The zero-order chi connectivity index (χ0) is 16.7. The lowest BCUT2D eigenvalue weighted by atomic mass is 9.97. The van der Waals surface area contributed by atoms with Crippen molar-refractivity contribution in [2.75, 3.05) is 19.7 Å². The molecule has 23 heavy (non-hydrogen) atoms. The first-order valence-corrected chi connectivity index (χ1v) is 8.87. The molecule has 124 valence electrons. The fraction of sp³-hybridized carbons (Fsp3) is 0.438. The van der Waals surface area contributed by atoms with Crippen molar-refractivity contribution in [3.63, 3.8) is 0 Å². The van der Waals surface area contributed by atoms with Gasteiger partial charge in [-0.25, -0.2) is 0 Å². The molecule has 1 aromatic rings. The summed E-state index contributed by atoms with van der Waals surface area (Å²) in [5.74, 6) is -0.444. The van der Waals surface area contributed by atoms with Crippen LogP contribution in [0.3, 0.4) is 0 Å². The molecule has 2 rings (SSSR count). The number of carbonyl (C=O) groups is 2. The molecule has 0 radical (unpaired) electrons. The van der Waals surface area contributed by atoms with E-state index < -0.39 is 0 Å². The summed E-state index contributed by atoms with van der Waals surface area (Å²) in [5, 5.41) is 5.07. The predicted octanol–water partition coefficient (Wildman–Crippen LogP) is 2.44. The quantitative estimate of drug-likeness (QED) is 0.512. The Morgan fingerprint density at radius 2 is 2.22 bits per heavy atom. The zero-order valence-corrected chi connectivity index (χ0v) is 14.6. The summed E-state index contributed by atoms with van der Waals surface area (Å²) >= 11 is 6.83. The van der Waals surface area contributed by atoms with Crippen molar-refractivity contribution in [1.82, 2.24) is 10.2 Å². The van der Waals surface area contributed by atoms with Gasteiger partial charge in [0, 0.05) is 24.0 Å². The molecule has 0 unspecified atom stereocenters. The van der Waals surface area contributed by atoms with Crippen LogP contribution in [-0.2, 0) is 14.3 Å². The Morgan fingerprint density at radius 3 is 2.83 bits per heavy atom. The molecule has 1 fully saturated rings. The van der Waals surface area contributed by atoms with Gasteiger partial charge in [0.1, 0.15) is 0 Å². The maximum atomic E-state index is 11.9. The van der Waals surface area contributed by atoms with Crippen molar-refractivity contribution in [3.8, 4) is 0 Å². The summed E-state index contributed by atoms with van der Waals surface area (Å²) in [6.07, 6.45) is 4.62. The number of nitrogens with zero attached hydrogens (tertiary/aromatic N) is 1. The Bertz CT molecular complexity index is 576. The number of carbonyl (C=O) groups excluding carboxylic acids is 2. The van der Waals surface area contributed by atoms with Crippen LogP contribution in [0.5, 0.6) is 0 Å². The van der Waals surface area contributed by atoms with Gasteiger partial charge in [0.05, 0.1) is 12.5 Å². The van der Waals surface area contributed by atoms with E-state index in [1.165, 1.54) is 6.08 Å². The SMILES string of the molecule is CCOC(=O)C1CCN(C(=S)NC(=O)/C=C/c2cccs2)CC1. The smallest absolute Gasteiger partial charge is 0.309 e. The monoisotopic (exact) mass is 352 g/mol. The summed E-state index contributed by atoms with van der Waals surface area (Å²) in [4.78, 5) is 26.5. The molecule has 1 aliphatic heterocycles. The third kappa shape index (κ3) is 5.44. The van der Waals surface area contributed by atoms with Crippen LogP contribution in [-0.4, -0.2) is 41.6 Å². The molecular weight excluding hydrogens is 332 g/mol. The van der Waals surface area contributed by atoms with Gasteiger partial charge in [-0.15, -0.1) is 11.3 Å². The van der Waals surface area contributed by atoms with Crippen LogP contribution < -0.4 is 5.32 Å². The fourth-order valence-corrected chi connectivity index (χ4v) is 3.25. The fourth-order valence-electron chi connectivity index (χ4n) is 2.35. The number of likely N-dealkylation sites (tertiary alicyclic amines) is 1. The number of thiocarbonyl (C=S) groups is 1. The minimum absolute atomic E-state index is 0.0663. The van der Waals surface area contributed by atoms with Gasteiger partial charge in [-0.2, -0.15) is 0 Å². The normalized spacial score (nSPS) is 15.6. The molecule has 7 heteroatoms. The van der Waals surface area contributed by atoms with Crippen molar-refractivity contribution in [2.45, 2.75) is 19.8 Å². The average Bonchev–Trinajstić information content (AvgIpc) is 3.07. The lowest BCUT2D eigenvalue weighted by Gasteiger charge is -2.32. The Morgan fingerprint density at radius 1 is 1.48 bits per heavy atom. The van der Waals surface area contributed by atoms with E-state index in [0.717, 1.165) is 4.88 Å². The van der Waals surface area contributed by atoms with Gasteiger partial charge >= 0.3 is 5.97 Å². The first-order chi connectivity index (χ1) is 11.1. The van der Waals surface area contributed by atoms with Crippen molar-refractivity contribution in [2.24, 2.45) is 5.92 Å². The number of hydrogen-bond acceptors (Lipinski definition) is 5. The van der Waals surface area contributed by atoms with E-state index in [1.54, 1.807) is 24.3 Å². The van der Waals surface area contributed by atoms with Crippen LogP contribution in [0, 0.1) is 5.92 Å². The van der Waals surface area contributed by atoms with Gasteiger partial charge < -0.3 is 9.64 Å². The molecule has 0 spiro atoms. The predicted molar refractivity (Wildman–Crippen MR) is 95.0 cm³/mol. The number of nitrogens with one attached hydrogen (secondary N) is 1. The molecule has 0 aliphatic carbocycles. The van der Waals surface area contributed by atoms with Crippen LogP contribution in [0.2, 0.25) is 0 Å². The Labute approximate surface area is 145 Å². The molecule has 0 bridgehead atoms. The number of hydrogen-bond donors (Lipinski definition) is 1. The third-order valence-electron chi connectivity index (χ3n) is 3.57. The van der Waals surface area contributed by atoms with Crippen molar-refractivity contribution in [3.05, 3.63) is 28.5 Å². The summed E-state index contributed by atoms with van der Waals surface area (Å²) < 4.78 is 5.04. The second kappa shape index (κ2) is 8.79. The molecule has 1 aromatic heterocycles. The maximum absolute atomic E-state index is 11.9. The van der Waals surface area contributed by atoms with Crippen LogP contribution in [0.25, 0.3) is 6.08 Å². The molecule has 5 nitrogen and oxygen atoms in total. The summed E-state index contributed by atoms with van der Waals surface area (Å²) in [7, 11) is 0. The Kier molecular flexibility index (Phi) is 6.73. The highest BCUT2D eigenvalue weighted by Gasteiger charge is 2.27. The third-order valence-corrected chi connectivity index (χ3v) is 4.77. The van der Waals surface area contributed by atoms with Crippen LogP contribution in [0.15, 0.2) is 23.6 Å². The second-order valence-corrected chi connectivity index (χ2v) is 6.52. The lowest BCUT2D eigenvalue weighted by molar-refractivity contribution is -0.149. The Hall–Kier alpha value is -1.73. The number of rotatable bonds is 4. The number of thiophene rings is 1. The largest absolute Gasteiger partial charge is 0.466 e. The minimum atomic E-state index is -0.240. The van der Waals surface area contributed by atoms with Crippen molar-refractivity contribution < 1.29 is 14.3 Å². The highest BCUT2D eigenvalue weighted by molar-refractivity contribution is 7.80. The van der Waals surface area contributed by atoms with Crippen LogP contribution >= 0.6 is 23.6 Å². The van der Waals surface area contributed by atoms with Gasteiger partial charge in [-0.3, -0.25) is 14.9 Å². The van der Waals surface area contributed by atoms with E-state index in [9.17, 15) is 9.59 Å². The molecule has 0 aromatic carbocycles. The number of piperidine rings is 1. The first kappa shape index (κ1) is 17.6. The molecular formula is C16H20N2O3S2. The van der Waals surface area contributed by atoms with E-state index in [4.69, 9.17) is 17.0 Å². The van der Waals surface area contributed by atoms with E-state index in [1.807, 2.05) is 22.4 Å². The van der Waals surface area contributed by atoms with Crippen molar-refractivity contribution >= 4 is 46.6 Å². The van der Waals surface area contributed by atoms with Gasteiger partial charge in [-0.1, -0.05) is 6.07 Å². The summed E-state index contributed by atoms with van der Waals surface area (Å²) in [6.45, 7) is 3.51. The second-order valence-electron chi connectivity index (χ2n) is 5.16. The maximum Gasteiger partial charge on any atom is 0.309 e. The standard InChI is InChI=1S/C16H20N2O3S2/c1-2-21-15(20)12-7-9-18(10-8-12)16(22)17-14(19)6-5-13-4-3-11-23-13/h3-6,11-12H,2,7-10H2,1H3,(H,17,19,22)/b6-5+. The van der Waals surface area contributed by atoms with E-state index in [0.29, 0.717) is 37.7 Å². The number of ether oxygens (including phenoxy) is 1. The topological polar surface area (TPSA) is 58.6 Å². The molecule has 1 N–H and O–H groups in total. The highest BCUT2D eigenvalue weighted by atomic mass is 32.1. The van der Waals surface area contributed by atoms with Gasteiger partial charge in [-0.05, 0) is 49.5 Å². The average molecular weight is 352 g/mol. The molecule has 1 saturated heterocycles. The van der Waals surface area contributed by atoms with Crippen LogP contribution in [0.1, 0.15) is 24.6 Å². The molecule has 1 amide bonds. The highest BCUT2D eigenvalue weighted by Crippen LogP contribution is 2.18. The number of amides is 1. The van der Waals surface area contributed by atoms with Gasteiger partial charge in [0.2, 0.25) is 5.91 Å². The first-order valence-electron chi connectivity index (χ1n) is 7.58. The van der Waals surface area contributed by atoms with Crippen LogP contribution in [0.4, 0.5) is 0 Å². The Balaban J connectivity index is 1.76. The number of esters is 1. The lowest BCUT2D eigenvalue weighted by Crippen LogP contribution is -2.46. The van der Waals surface area contributed by atoms with Gasteiger partial charge in [0.15, 0.2) is 5.11 Å². The molecule has 2 heterocycles. The van der Waals surface area contributed by atoms with E-state index in [2.05, 4.69) is 5.32 Å². The van der Waals surface area contributed by atoms with Gasteiger partial charge in [0.25, 0.3) is 0 Å². The molecule has 1 aliphatic rings. The molecule has 0 saturated carbocycles. The van der Waals surface area contributed by atoms with E-state index >= 15 is 0 Å². The van der Waals surface area contributed by atoms with E-state index in [-0.39, 0.29) is 17.8 Å². The summed E-state index contributed by atoms with van der Waals surface area (Å²) in [5.41, 5.74) is 0. The minimum Gasteiger partial charge on any atom is -0.466 e. The zero-order valence-electron chi connectivity index (χ0n) is 13.0. The van der Waals surface area contributed by atoms with Crippen molar-refractivity contribution in [1.29, 1.82) is 0 Å².